The third-order valence-electron chi connectivity index (χ3n) is 7.48. The fourth-order valence-corrected chi connectivity index (χ4v) is 5.36. The topological polar surface area (TPSA) is 96.0 Å². The van der Waals surface area contributed by atoms with Crippen LogP contribution in [0.4, 0.5) is 15.8 Å². The number of carbonyl (C=O) groups is 4. The third-order valence-corrected chi connectivity index (χ3v) is 7.48. The highest BCUT2D eigenvalue weighted by molar-refractivity contribution is 6.52. The Balaban J connectivity index is 1.49. The highest BCUT2D eigenvalue weighted by atomic mass is 19.1. The van der Waals surface area contributed by atoms with Gasteiger partial charge >= 0.3 is 0 Å². The smallest absolute Gasteiger partial charge is 0.299 e. The number of methoxy groups -OCH3 is 1. The van der Waals surface area contributed by atoms with Gasteiger partial charge in [-0.25, -0.2) is 4.39 Å². The van der Waals surface area contributed by atoms with Gasteiger partial charge in [-0.1, -0.05) is 36.4 Å². The first-order chi connectivity index (χ1) is 19.9. The van der Waals surface area contributed by atoms with E-state index < -0.39 is 36.0 Å². The second kappa shape index (κ2) is 12.2. The van der Waals surface area contributed by atoms with Crippen LogP contribution in [0.5, 0.6) is 5.75 Å². The molecule has 1 aliphatic heterocycles. The molecule has 2 aliphatic rings. The summed E-state index contributed by atoms with van der Waals surface area (Å²) in [5, 5.41) is 2.94. The van der Waals surface area contributed by atoms with Gasteiger partial charge in [0.05, 0.1) is 18.4 Å². The third kappa shape index (κ3) is 6.04. The number of hydrogen-bond donors (Lipinski definition) is 1. The maximum absolute atomic E-state index is 14.1. The van der Waals surface area contributed by atoms with Crippen molar-refractivity contribution in [2.24, 2.45) is 5.92 Å². The number of carbonyl (C=O) groups excluding carboxylic acids is 4. The average Bonchev–Trinajstić information content (AvgIpc) is 3.23. The minimum absolute atomic E-state index is 0.0116. The number of allylic oxidation sites excluding steroid dienone is 2. The molecule has 0 fully saturated rings. The largest absolute Gasteiger partial charge is 0.497 e. The molecule has 5 rings (SSSR count). The molecule has 3 amide bonds. The number of ether oxygens (including phenoxy) is 1. The van der Waals surface area contributed by atoms with Gasteiger partial charge in [-0.2, -0.15) is 0 Å². The van der Waals surface area contributed by atoms with Gasteiger partial charge in [-0.3, -0.25) is 24.1 Å². The summed E-state index contributed by atoms with van der Waals surface area (Å²) in [6.45, 7) is -0.407. The highest BCUT2D eigenvalue weighted by Crippen LogP contribution is 2.31. The number of nitrogens with zero attached hydrogens (tertiary/aromatic N) is 2. The number of rotatable bonds is 9. The first-order valence-corrected chi connectivity index (χ1v) is 13.4. The SMILES string of the molecule is COc1ccc(NC(=O)[C@H]([C@@H]2CC=CCC2)N(Cc2ccc(F)cc2)C(=O)CN2C(=O)C(=O)c3ccccc32)cc1. The minimum Gasteiger partial charge on any atom is -0.497 e. The maximum Gasteiger partial charge on any atom is 0.299 e. The van der Waals surface area contributed by atoms with Crippen molar-refractivity contribution < 1.29 is 28.3 Å². The van der Waals surface area contributed by atoms with Gasteiger partial charge in [-0.05, 0) is 79.3 Å². The van der Waals surface area contributed by atoms with Gasteiger partial charge < -0.3 is 15.0 Å². The number of para-hydroxylation sites is 1. The number of halogens is 1. The maximum atomic E-state index is 14.1. The number of ketones is 1. The van der Waals surface area contributed by atoms with Gasteiger partial charge in [0.25, 0.3) is 11.7 Å². The van der Waals surface area contributed by atoms with E-state index >= 15 is 0 Å². The molecule has 0 aromatic heterocycles. The molecule has 1 aliphatic carbocycles. The van der Waals surface area contributed by atoms with Gasteiger partial charge in [-0.15, -0.1) is 0 Å². The van der Waals surface area contributed by atoms with Crippen LogP contribution in [0.1, 0.15) is 35.2 Å². The Labute approximate surface area is 237 Å². The quantitative estimate of drug-likeness (QED) is 0.304. The molecule has 9 heteroatoms. The molecular formula is C32H30FN3O5. The number of hydrogen-bond acceptors (Lipinski definition) is 5. The lowest BCUT2D eigenvalue weighted by Crippen LogP contribution is -2.54. The van der Waals surface area contributed by atoms with Crippen molar-refractivity contribution in [2.75, 3.05) is 23.9 Å². The Kier molecular flexibility index (Phi) is 8.24. The Bertz CT molecular complexity index is 1490. The summed E-state index contributed by atoms with van der Waals surface area (Å²) in [6.07, 6.45) is 6.06. The van der Waals surface area contributed by atoms with Crippen molar-refractivity contribution in [3.05, 3.63) is 102 Å². The molecule has 3 aromatic carbocycles. The molecule has 41 heavy (non-hydrogen) atoms. The van der Waals surface area contributed by atoms with Crippen LogP contribution < -0.4 is 15.0 Å². The summed E-state index contributed by atoms with van der Waals surface area (Å²) in [6, 6.07) is 18.2. The first kappa shape index (κ1) is 27.8. The van der Waals surface area contributed by atoms with Gasteiger partial charge in [0.15, 0.2) is 0 Å². The summed E-state index contributed by atoms with van der Waals surface area (Å²) in [5.41, 5.74) is 1.76. The number of anilines is 2. The van der Waals surface area contributed by atoms with E-state index in [-0.39, 0.29) is 23.9 Å². The van der Waals surface area contributed by atoms with Crippen LogP contribution >= 0.6 is 0 Å². The van der Waals surface area contributed by atoms with Crippen LogP contribution in [0.2, 0.25) is 0 Å². The Morgan fingerprint density at radius 1 is 1.02 bits per heavy atom. The van der Waals surface area contributed by atoms with Crippen molar-refractivity contribution in [1.82, 2.24) is 4.90 Å². The summed E-state index contributed by atoms with van der Waals surface area (Å²) >= 11 is 0. The Morgan fingerprint density at radius 2 is 1.76 bits per heavy atom. The van der Waals surface area contributed by atoms with Crippen molar-refractivity contribution in [3.63, 3.8) is 0 Å². The van der Waals surface area contributed by atoms with E-state index in [1.165, 1.54) is 17.0 Å². The van der Waals surface area contributed by atoms with E-state index in [4.69, 9.17) is 4.74 Å². The zero-order valence-corrected chi connectivity index (χ0v) is 22.6. The van der Waals surface area contributed by atoms with E-state index in [0.717, 1.165) is 11.3 Å². The second-order valence-electron chi connectivity index (χ2n) is 10.1. The van der Waals surface area contributed by atoms with Crippen molar-refractivity contribution in [3.8, 4) is 5.75 Å². The van der Waals surface area contributed by atoms with E-state index in [0.29, 0.717) is 35.5 Å². The number of nitrogens with one attached hydrogen (secondary N) is 1. The van der Waals surface area contributed by atoms with Crippen molar-refractivity contribution in [1.29, 1.82) is 0 Å². The number of benzene rings is 3. The van der Waals surface area contributed by atoms with Crippen LogP contribution in [0.15, 0.2) is 84.9 Å². The molecule has 1 N–H and O–H groups in total. The fraction of sp³-hybridized carbons (Fsp3) is 0.250. The van der Waals surface area contributed by atoms with Crippen LogP contribution in [0.3, 0.4) is 0 Å². The summed E-state index contributed by atoms with van der Waals surface area (Å²) in [5.74, 6) is -2.34. The first-order valence-electron chi connectivity index (χ1n) is 13.4. The van der Waals surface area contributed by atoms with Crippen molar-refractivity contribution in [2.45, 2.75) is 31.8 Å². The number of amides is 3. The summed E-state index contributed by atoms with van der Waals surface area (Å²) < 4.78 is 18.9. The number of Topliss-reactive ketones (excluding diaryl/α,β-unsaturated/α-hetero) is 1. The standard InChI is InChI=1S/C32H30FN3O5/c1-41-25-17-15-24(16-18-25)34-31(39)29(22-7-3-2-4-8-22)36(19-21-11-13-23(33)14-12-21)28(37)20-35-27-10-6-5-9-26(27)30(38)32(35)40/h2-3,5-6,9-18,22,29H,4,7-8,19-20H2,1H3,(H,34,39)/t22-,29+/m1/s1. The minimum atomic E-state index is -0.900. The van der Waals surface area contributed by atoms with E-state index in [1.54, 1.807) is 67.8 Å². The fourth-order valence-electron chi connectivity index (χ4n) is 5.36. The normalized spacial score (nSPS) is 16.7. The molecule has 2 atom stereocenters. The number of fused-ring (bicyclic) bond motifs is 1. The van der Waals surface area contributed by atoms with E-state index in [1.807, 2.05) is 12.2 Å². The Morgan fingerprint density at radius 3 is 2.44 bits per heavy atom. The lowest BCUT2D eigenvalue weighted by molar-refractivity contribution is -0.140. The molecule has 0 radical (unpaired) electrons. The molecule has 3 aromatic rings. The van der Waals surface area contributed by atoms with Crippen LogP contribution in [0.25, 0.3) is 0 Å². The predicted molar refractivity (Wildman–Crippen MR) is 152 cm³/mol. The molecule has 210 valence electrons. The molecule has 0 bridgehead atoms. The van der Waals surface area contributed by atoms with Crippen molar-refractivity contribution >= 4 is 34.9 Å². The molecule has 0 saturated carbocycles. The van der Waals surface area contributed by atoms with Gasteiger partial charge in [0, 0.05) is 12.2 Å². The average molecular weight is 556 g/mol. The summed E-state index contributed by atoms with van der Waals surface area (Å²) in [7, 11) is 1.55. The molecular weight excluding hydrogens is 525 g/mol. The van der Waals surface area contributed by atoms with E-state index in [2.05, 4.69) is 5.32 Å². The molecule has 8 nitrogen and oxygen atoms in total. The monoisotopic (exact) mass is 555 g/mol. The van der Waals surface area contributed by atoms with Crippen LogP contribution in [-0.2, 0) is 20.9 Å². The summed E-state index contributed by atoms with van der Waals surface area (Å²) in [4.78, 5) is 56.1. The zero-order valence-electron chi connectivity index (χ0n) is 22.6. The highest BCUT2D eigenvalue weighted by Gasteiger charge is 2.41. The second-order valence-corrected chi connectivity index (χ2v) is 10.1. The predicted octanol–water partition coefficient (Wildman–Crippen LogP) is 4.76. The van der Waals surface area contributed by atoms with Crippen LogP contribution in [0, 0.1) is 11.7 Å². The molecule has 1 heterocycles. The lowest BCUT2D eigenvalue weighted by atomic mass is 9.85. The van der Waals surface area contributed by atoms with E-state index in [9.17, 15) is 23.6 Å². The Hall–Kier alpha value is -4.79. The zero-order chi connectivity index (χ0) is 28.9. The molecule has 0 unspecified atom stereocenters. The lowest BCUT2D eigenvalue weighted by Gasteiger charge is -2.37. The van der Waals surface area contributed by atoms with Gasteiger partial charge in [0.1, 0.15) is 24.2 Å². The molecule has 0 saturated heterocycles. The van der Waals surface area contributed by atoms with Gasteiger partial charge in [0.2, 0.25) is 11.8 Å². The van der Waals surface area contributed by atoms with Crippen LogP contribution in [-0.4, -0.2) is 48.1 Å². The molecule has 0 spiro atoms.